The van der Waals surface area contributed by atoms with Crippen molar-refractivity contribution in [2.45, 2.75) is 19.4 Å². The number of pyridine rings is 1. The zero-order chi connectivity index (χ0) is 16.4. The highest BCUT2D eigenvalue weighted by molar-refractivity contribution is 8.10. The van der Waals surface area contributed by atoms with E-state index in [2.05, 4.69) is 9.71 Å². The number of hydrogen-bond donors (Lipinski definition) is 1. The first kappa shape index (κ1) is 15.7. The van der Waals surface area contributed by atoms with Crippen LogP contribution in [0, 0.1) is 0 Å². The minimum atomic E-state index is -3.73. The first-order chi connectivity index (χ1) is 10.9. The fourth-order valence-corrected chi connectivity index (χ4v) is 2.98. The van der Waals surface area contributed by atoms with Gasteiger partial charge < -0.3 is 0 Å². The molecule has 2 radical (unpaired) electrons. The lowest BCUT2D eigenvalue weighted by molar-refractivity contribution is -0.118. The monoisotopic (exact) mass is 327 g/mol. The smallest absolute Gasteiger partial charge is 0.277 e. The van der Waals surface area contributed by atoms with Crippen LogP contribution in [0.4, 0.5) is 11.4 Å². The average Bonchev–Trinajstić information content (AvgIpc) is 2.53. The van der Waals surface area contributed by atoms with Crippen molar-refractivity contribution in [1.29, 1.82) is 0 Å². The number of fused-ring (bicyclic) bond motifs is 1. The Morgan fingerprint density at radius 1 is 1.26 bits per heavy atom. The molecule has 2 aromatic rings. The van der Waals surface area contributed by atoms with E-state index in [-0.39, 0.29) is 12.5 Å². The van der Waals surface area contributed by atoms with Crippen molar-refractivity contribution in [2.75, 3.05) is 4.90 Å². The van der Waals surface area contributed by atoms with E-state index in [4.69, 9.17) is 7.12 Å². The van der Waals surface area contributed by atoms with Gasteiger partial charge in [-0.25, -0.2) is 13.1 Å². The molecule has 3 rings (SSSR count). The number of nitrogens with zero attached hydrogens (tertiary/aromatic N) is 2. The van der Waals surface area contributed by atoms with Gasteiger partial charge in [-0.1, -0.05) is 12.1 Å². The van der Waals surface area contributed by atoms with Gasteiger partial charge in [0.05, 0.1) is 17.6 Å². The van der Waals surface area contributed by atoms with Crippen molar-refractivity contribution in [3.8, 4) is 0 Å². The third-order valence-corrected chi connectivity index (χ3v) is 4.17. The SMILES string of the molecule is [B]S(=O)(=O)NCc1ccc2c(c1)CCC(=O)N2c1cccnc1. The molecule has 1 amide bonds. The number of aromatic nitrogens is 1. The summed E-state index contributed by atoms with van der Waals surface area (Å²) in [5.41, 5.74) is 3.29. The summed E-state index contributed by atoms with van der Waals surface area (Å²) < 4.78 is 24.2. The van der Waals surface area contributed by atoms with Crippen molar-refractivity contribution < 1.29 is 13.2 Å². The molecule has 0 fully saturated rings. The van der Waals surface area contributed by atoms with Crippen LogP contribution in [0.1, 0.15) is 17.5 Å². The Labute approximate surface area is 135 Å². The van der Waals surface area contributed by atoms with Gasteiger partial charge in [-0.3, -0.25) is 14.7 Å². The van der Waals surface area contributed by atoms with E-state index in [1.54, 1.807) is 29.4 Å². The van der Waals surface area contributed by atoms with Gasteiger partial charge >= 0.3 is 0 Å². The van der Waals surface area contributed by atoms with Crippen LogP contribution in [0.3, 0.4) is 0 Å². The van der Waals surface area contributed by atoms with Crippen LogP contribution in [-0.2, 0) is 27.6 Å². The Bertz CT molecular complexity index is 840. The van der Waals surface area contributed by atoms with Gasteiger partial charge in [0.25, 0.3) is 7.12 Å². The van der Waals surface area contributed by atoms with Gasteiger partial charge in [-0.05, 0) is 35.7 Å². The predicted molar refractivity (Wildman–Crippen MR) is 87.7 cm³/mol. The molecule has 1 N–H and O–H groups in total. The number of benzene rings is 1. The second-order valence-electron chi connectivity index (χ2n) is 5.27. The van der Waals surface area contributed by atoms with Gasteiger partial charge in [-0.15, -0.1) is 0 Å². The van der Waals surface area contributed by atoms with Gasteiger partial charge in [0.2, 0.25) is 5.91 Å². The lowest BCUT2D eigenvalue weighted by Gasteiger charge is -2.29. The molecule has 1 aliphatic rings. The predicted octanol–water partition coefficient (Wildman–Crippen LogP) is 1.20. The highest BCUT2D eigenvalue weighted by Gasteiger charge is 2.25. The lowest BCUT2D eigenvalue weighted by atomic mass is 9.98. The molecule has 0 atom stereocenters. The summed E-state index contributed by atoms with van der Waals surface area (Å²) in [4.78, 5) is 18.0. The van der Waals surface area contributed by atoms with Crippen LogP contribution in [0.2, 0.25) is 0 Å². The summed E-state index contributed by atoms with van der Waals surface area (Å²) in [6, 6.07) is 9.10. The summed E-state index contributed by atoms with van der Waals surface area (Å²) >= 11 is 0. The molecule has 23 heavy (non-hydrogen) atoms. The number of amides is 1. The second-order valence-corrected chi connectivity index (χ2v) is 6.65. The molecule has 0 unspecified atom stereocenters. The fraction of sp³-hybridized carbons (Fsp3) is 0.200. The second kappa shape index (κ2) is 6.13. The number of nitrogens with one attached hydrogen (secondary N) is 1. The maximum Gasteiger partial charge on any atom is 0.277 e. The minimum absolute atomic E-state index is 0.0147. The van der Waals surface area contributed by atoms with E-state index < -0.39 is 9.87 Å². The third-order valence-electron chi connectivity index (χ3n) is 3.62. The summed E-state index contributed by atoms with van der Waals surface area (Å²) in [5.74, 6) is 0.0147. The Kier molecular flexibility index (Phi) is 4.19. The fourth-order valence-electron chi connectivity index (χ4n) is 2.61. The molecule has 8 heteroatoms. The van der Waals surface area contributed by atoms with Crippen LogP contribution >= 0.6 is 0 Å². The third kappa shape index (κ3) is 3.60. The summed E-state index contributed by atoms with van der Waals surface area (Å²) in [6.45, 7) is 0.118. The zero-order valence-electron chi connectivity index (χ0n) is 12.3. The number of rotatable bonds is 4. The van der Waals surface area contributed by atoms with Crippen molar-refractivity contribution >= 4 is 34.3 Å². The van der Waals surface area contributed by atoms with Crippen LogP contribution in [0.5, 0.6) is 0 Å². The molecule has 6 nitrogen and oxygen atoms in total. The number of carbonyl (C=O) groups excluding carboxylic acids is 1. The van der Waals surface area contributed by atoms with Crippen molar-refractivity contribution in [3.05, 3.63) is 53.9 Å². The molecule has 0 aliphatic carbocycles. The molecule has 0 bridgehead atoms. The summed E-state index contributed by atoms with van der Waals surface area (Å²) in [6.07, 6.45) is 4.31. The number of carbonyl (C=O) groups is 1. The van der Waals surface area contributed by atoms with Crippen LogP contribution < -0.4 is 9.62 Å². The molecule has 0 spiro atoms. The van der Waals surface area contributed by atoms with Gasteiger partial charge in [0.15, 0.2) is 0 Å². The van der Waals surface area contributed by atoms with E-state index in [1.807, 2.05) is 18.2 Å². The van der Waals surface area contributed by atoms with E-state index in [0.717, 1.165) is 16.8 Å². The van der Waals surface area contributed by atoms with E-state index in [1.165, 1.54) is 0 Å². The standard InChI is InChI=1S/C15H14BN3O3S/c16-23(21,22)18-9-11-3-5-14-12(8-11)4-6-15(20)19(14)13-2-1-7-17-10-13/h1-3,5,7-8,10,18H,4,6,9H2. The van der Waals surface area contributed by atoms with Crippen LogP contribution in [0.25, 0.3) is 0 Å². The highest BCUT2D eigenvalue weighted by Crippen LogP contribution is 2.34. The number of anilines is 2. The summed E-state index contributed by atoms with van der Waals surface area (Å²) in [7, 11) is 1.21. The highest BCUT2D eigenvalue weighted by atomic mass is 32.2. The van der Waals surface area contributed by atoms with Crippen LogP contribution in [0.15, 0.2) is 42.7 Å². The minimum Gasteiger partial charge on any atom is -0.279 e. The van der Waals surface area contributed by atoms with Gasteiger partial charge in [0.1, 0.15) is 9.87 Å². The molecule has 1 aromatic carbocycles. The van der Waals surface area contributed by atoms with Gasteiger partial charge in [0, 0.05) is 19.2 Å². The number of hydrogen-bond acceptors (Lipinski definition) is 4. The molecule has 116 valence electrons. The molecular formula is C15H14BN3O3S. The largest absolute Gasteiger partial charge is 0.279 e. The Balaban J connectivity index is 1.93. The van der Waals surface area contributed by atoms with Crippen LogP contribution in [-0.4, -0.2) is 26.4 Å². The Hall–Kier alpha value is -2.19. The lowest BCUT2D eigenvalue weighted by Crippen LogP contribution is -2.31. The molecule has 0 saturated carbocycles. The molecule has 0 saturated heterocycles. The Morgan fingerprint density at radius 2 is 2.09 bits per heavy atom. The van der Waals surface area contributed by atoms with E-state index in [9.17, 15) is 13.2 Å². The zero-order valence-corrected chi connectivity index (χ0v) is 13.1. The van der Waals surface area contributed by atoms with Gasteiger partial charge in [-0.2, -0.15) is 0 Å². The van der Waals surface area contributed by atoms with E-state index >= 15 is 0 Å². The Morgan fingerprint density at radius 3 is 2.78 bits per heavy atom. The quantitative estimate of drug-likeness (QED) is 0.856. The maximum absolute atomic E-state index is 12.3. The normalized spacial score (nSPS) is 14.6. The summed E-state index contributed by atoms with van der Waals surface area (Å²) in [5, 5.41) is 0. The first-order valence-electron chi connectivity index (χ1n) is 7.06. The topological polar surface area (TPSA) is 79.4 Å². The molecule has 1 aromatic heterocycles. The first-order valence-corrected chi connectivity index (χ1v) is 8.61. The molecule has 2 heterocycles. The maximum atomic E-state index is 12.3. The van der Waals surface area contributed by atoms with Crippen molar-refractivity contribution in [2.24, 2.45) is 0 Å². The molecular weight excluding hydrogens is 313 g/mol. The average molecular weight is 327 g/mol. The van der Waals surface area contributed by atoms with Crippen molar-refractivity contribution in [3.63, 3.8) is 0 Å². The molecule has 1 aliphatic heterocycles. The number of aryl methyl sites for hydroxylation is 1. The van der Waals surface area contributed by atoms with E-state index in [0.29, 0.717) is 18.5 Å². The van der Waals surface area contributed by atoms with Crippen molar-refractivity contribution in [1.82, 2.24) is 9.71 Å².